The third kappa shape index (κ3) is 0.976. The molecule has 2 heterocycles. The number of carbonyl (C=O) groups excluding carboxylic acids is 2. The largest absolute Gasteiger partial charge is 0.460 e. The van der Waals surface area contributed by atoms with Gasteiger partial charge in [-0.1, -0.05) is 24.8 Å². The number of carbonyl (C=O) groups is 2. The van der Waals surface area contributed by atoms with E-state index in [1.807, 2.05) is 24.3 Å². The number of nitrogens with zero attached hydrogens (tertiary/aromatic N) is 1. The number of benzene rings is 1. The molecule has 1 amide bonds. The molecule has 17 heavy (non-hydrogen) atoms. The third-order valence-corrected chi connectivity index (χ3v) is 3.58. The second-order valence-electron chi connectivity index (χ2n) is 4.34. The molecule has 1 spiro atoms. The highest BCUT2D eigenvalue weighted by Gasteiger charge is 2.58. The first-order valence-electron chi connectivity index (χ1n) is 5.33. The van der Waals surface area contributed by atoms with E-state index in [4.69, 9.17) is 4.74 Å². The quantitative estimate of drug-likeness (QED) is 0.493. The van der Waals surface area contributed by atoms with Gasteiger partial charge in [0, 0.05) is 12.7 Å². The average Bonchev–Trinajstić information content (AvgIpc) is 2.76. The maximum Gasteiger partial charge on any atom is 0.335 e. The molecule has 1 atom stereocenters. The fraction of sp³-hybridized carbons (Fsp3) is 0.231. The van der Waals surface area contributed by atoms with E-state index in [-0.39, 0.29) is 18.1 Å². The van der Waals surface area contributed by atoms with Crippen LogP contribution < -0.4 is 4.90 Å². The highest BCUT2D eigenvalue weighted by Crippen LogP contribution is 2.48. The molecule has 0 saturated carbocycles. The average molecular weight is 229 g/mol. The Kier molecular flexibility index (Phi) is 1.76. The Morgan fingerprint density at radius 2 is 2.06 bits per heavy atom. The summed E-state index contributed by atoms with van der Waals surface area (Å²) in [7, 11) is 1.70. The van der Waals surface area contributed by atoms with Crippen LogP contribution in [0, 0.1) is 0 Å². The molecule has 0 unspecified atom stereocenters. The fourth-order valence-electron chi connectivity index (χ4n) is 2.59. The van der Waals surface area contributed by atoms with Gasteiger partial charge in [0.05, 0.1) is 5.57 Å². The minimum atomic E-state index is -0.998. The van der Waals surface area contributed by atoms with Gasteiger partial charge < -0.3 is 9.64 Å². The van der Waals surface area contributed by atoms with Gasteiger partial charge in [0.1, 0.15) is 12.0 Å². The number of amides is 1. The molecule has 0 radical (unpaired) electrons. The van der Waals surface area contributed by atoms with Crippen LogP contribution in [-0.2, 0) is 19.7 Å². The van der Waals surface area contributed by atoms with E-state index in [1.165, 1.54) is 0 Å². The number of cyclic esters (lactones) is 1. The number of fused-ring (bicyclic) bond motifs is 2. The summed E-state index contributed by atoms with van der Waals surface area (Å²) < 4.78 is 4.99. The highest BCUT2D eigenvalue weighted by molar-refractivity contribution is 6.16. The lowest BCUT2D eigenvalue weighted by Crippen LogP contribution is -2.40. The summed E-state index contributed by atoms with van der Waals surface area (Å²) in [6, 6.07) is 7.42. The van der Waals surface area contributed by atoms with Crippen molar-refractivity contribution < 1.29 is 14.3 Å². The molecule has 1 aromatic rings. The lowest BCUT2D eigenvalue weighted by Gasteiger charge is -2.19. The molecule has 0 aliphatic carbocycles. The summed E-state index contributed by atoms with van der Waals surface area (Å²) in [6.07, 6.45) is 0. The zero-order chi connectivity index (χ0) is 12.2. The van der Waals surface area contributed by atoms with Crippen molar-refractivity contribution in [1.82, 2.24) is 0 Å². The Labute approximate surface area is 98.5 Å². The second kappa shape index (κ2) is 2.97. The number of para-hydroxylation sites is 1. The van der Waals surface area contributed by atoms with Crippen molar-refractivity contribution in [3.05, 3.63) is 42.0 Å². The first kappa shape index (κ1) is 10.1. The Bertz CT molecular complexity index is 564. The van der Waals surface area contributed by atoms with Gasteiger partial charge in [-0.05, 0) is 11.6 Å². The van der Waals surface area contributed by atoms with Gasteiger partial charge in [-0.2, -0.15) is 0 Å². The van der Waals surface area contributed by atoms with Crippen LogP contribution in [0.25, 0.3) is 0 Å². The van der Waals surface area contributed by atoms with Gasteiger partial charge in [0.2, 0.25) is 5.91 Å². The number of esters is 1. The standard InChI is InChI=1S/C13H11NO3/c1-8-11(15)17-7-13(8)9-5-3-4-6-10(9)14(2)12(13)16/h3-6H,1,7H2,2H3/t13-/m1/s1. The van der Waals surface area contributed by atoms with E-state index >= 15 is 0 Å². The van der Waals surface area contributed by atoms with Gasteiger partial charge in [-0.25, -0.2) is 4.79 Å². The van der Waals surface area contributed by atoms with Crippen molar-refractivity contribution in [3.8, 4) is 0 Å². The molecular formula is C13H11NO3. The molecule has 0 bridgehead atoms. The summed E-state index contributed by atoms with van der Waals surface area (Å²) in [5.74, 6) is -0.627. The maximum atomic E-state index is 12.4. The van der Waals surface area contributed by atoms with Gasteiger partial charge in [-0.15, -0.1) is 0 Å². The van der Waals surface area contributed by atoms with E-state index in [1.54, 1.807) is 11.9 Å². The third-order valence-electron chi connectivity index (χ3n) is 3.58. The number of ether oxygens (including phenoxy) is 1. The Morgan fingerprint density at radius 1 is 1.35 bits per heavy atom. The van der Waals surface area contributed by atoms with Crippen LogP contribution >= 0.6 is 0 Å². The van der Waals surface area contributed by atoms with Crippen LogP contribution in [0.3, 0.4) is 0 Å². The predicted octanol–water partition coefficient (Wildman–Crippen LogP) is 1.01. The topological polar surface area (TPSA) is 46.6 Å². The molecule has 0 N–H and O–H groups in total. The molecule has 1 fully saturated rings. The molecule has 1 aromatic carbocycles. The normalized spacial score (nSPS) is 26.6. The van der Waals surface area contributed by atoms with Crippen molar-refractivity contribution in [2.75, 3.05) is 18.6 Å². The van der Waals surface area contributed by atoms with Crippen LogP contribution in [0.1, 0.15) is 5.56 Å². The van der Waals surface area contributed by atoms with Gasteiger partial charge in [0.15, 0.2) is 0 Å². The minimum absolute atomic E-state index is 0.0604. The molecule has 0 aromatic heterocycles. The van der Waals surface area contributed by atoms with Crippen LogP contribution in [0.15, 0.2) is 36.4 Å². The van der Waals surface area contributed by atoms with E-state index in [0.29, 0.717) is 0 Å². The van der Waals surface area contributed by atoms with Crippen molar-refractivity contribution in [2.24, 2.45) is 0 Å². The Hall–Kier alpha value is -2.10. The first-order chi connectivity index (χ1) is 8.09. The fourth-order valence-corrected chi connectivity index (χ4v) is 2.59. The number of hydrogen-bond acceptors (Lipinski definition) is 3. The number of anilines is 1. The molecule has 4 heteroatoms. The van der Waals surface area contributed by atoms with Crippen LogP contribution in [0.2, 0.25) is 0 Å². The molecule has 2 aliphatic heterocycles. The van der Waals surface area contributed by atoms with Crippen molar-refractivity contribution in [3.63, 3.8) is 0 Å². The van der Waals surface area contributed by atoms with Gasteiger partial charge in [0.25, 0.3) is 0 Å². The Morgan fingerprint density at radius 3 is 2.71 bits per heavy atom. The summed E-state index contributed by atoms with van der Waals surface area (Å²) in [4.78, 5) is 25.4. The molecule has 3 rings (SSSR count). The molecule has 86 valence electrons. The molecule has 1 saturated heterocycles. The zero-order valence-corrected chi connectivity index (χ0v) is 9.40. The van der Waals surface area contributed by atoms with Crippen LogP contribution in [-0.4, -0.2) is 25.5 Å². The van der Waals surface area contributed by atoms with Gasteiger partial charge in [-0.3, -0.25) is 4.79 Å². The van der Waals surface area contributed by atoms with E-state index in [0.717, 1.165) is 11.3 Å². The zero-order valence-electron chi connectivity index (χ0n) is 9.40. The highest BCUT2D eigenvalue weighted by atomic mass is 16.5. The second-order valence-corrected chi connectivity index (χ2v) is 4.34. The SMILES string of the molecule is C=C1C(=O)OC[C@@]12C(=O)N(C)c1ccccc12. The monoisotopic (exact) mass is 229 g/mol. The lowest BCUT2D eigenvalue weighted by atomic mass is 9.78. The maximum absolute atomic E-state index is 12.4. The van der Waals surface area contributed by atoms with Crippen LogP contribution in [0.4, 0.5) is 5.69 Å². The number of rotatable bonds is 0. The predicted molar refractivity (Wildman–Crippen MR) is 61.6 cm³/mol. The van der Waals surface area contributed by atoms with E-state index in [2.05, 4.69) is 6.58 Å². The van der Waals surface area contributed by atoms with Gasteiger partial charge >= 0.3 is 5.97 Å². The van der Waals surface area contributed by atoms with Crippen LogP contribution in [0.5, 0.6) is 0 Å². The molecule has 2 aliphatic rings. The van der Waals surface area contributed by atoms with E-state index < -0.39 is 11.4 Å². The number of likely N-dealkylation sites (N-methyl/N-ethyl adjacent to an activating group) is 1. The van der Waals surface area contributed by atoms with Crippen molar-refractivity contribution >= 4 is 17.6 Å². The smallest absolute Gasteiger partial charge is 0.335 e. The minimum Gasteiger partial charge on any atom is -0.460 e. The summed E-state index contributed by atoms with van der Waals surface area (Å²) in [5, 5.41) is 0. The van der Waals surface area contributed by atoms with Crippen molar-refractivity contribution in [2.45, 2.75) is 5.41 Å². The van der Waals surface area contributed by atoms with Crippen molar-refractivity contribution in [1.29, 1.82) is 0 Å². The summed E-state index contributed by atoms with van der Waals surface area (Å²) in [6.45, 7) is 3.79. The molecule has 4 nitrogen and oxygen atoms in total. The lowest BCUT2D eigenvalue weighted by molar-refractivity contribution is -0.135. The summed E-state index contributed by atoms with van der Waals surface area (Å²) >= 11 is 0. The number of hydrogen-bond donors (Lipinski definition) is 0. The van der Waals surface area contributed by atoms with E-state index in [9.17, 15) is 9.59 Å². The molecular weight excluding hydrogens is 218 g/mol. The first-order valence-corrected chi connectivity index (χ1v) is 5.33. The Balaban J connectivity index is 2.29. The summed E-state index contributed by atoms with van der Waals surface area (Å²) in [5.41, 5.74) is 0.863.